The highest BCUT2D eigenvalue weighted by atomic mass is 16.3. The number of hydrogen-bond acceptors (Lipinski definition) is 3. The summed E-state index contributed by atoms with van der Waals surface area (Å²) in [6, 6.07) is -0.599. The first kappa shape index (κ1) is 9.67. The molecule has 7 heteroatoms. The molecular formula is C6H10N6O. The zero-order valence-electron chi connectivity index (χ0n) is 6.98. The third kappa shape index (κ3) is 2.52. The van der Waals surface area contributed by atoms with Crippen molar-refractivity contribution in [3.05, 3.63) is 20.9 Å². The van der Waals surface area contributed by atoms with Gasteiger partial charge in [-0.15, -0.1) is 0 Å². The monoisotopic (exact) mass is 182 g/mol. The van der Waals surface area contributed by atoms with Crippen molar-refractivity contribution >= 4 is 0 Å². The van der Waals surface area contributed by atoms with Crippen molar-refractivity contribution in [3.63, 3.8) is 0 Å². The van der Waals surface area contributed by atoms with Crippen LogP contribution in [-0.4, -0.2) is 23.3 Å². The quantitative estimate of drug-likeness (QED) is 0.391. The predicted octanol–water partition coefficient (Wildman–Crippen LogP) is 1.89. The van der Waals surface area contributed by atoms with Crippen LogP contribution in [0.5, 0.6) is 0 Å². The van der Waals surface area contributed by atoms with Crippen molar-refractivity contribution < 1.29 is 5.11 Å². The largest absolute Gasteiger partial charge is 0.393 e. The zero-order valence-corrected chi connectivity index (χ0v) is 6.98. The van der Waals surface area contributed by atoms with Gasteiger partial charge >= 0.3 is 0 Å². The minimum Gasteiger partial charge on any atom is -0.393 e. The Kier molecular flexibility index (Phi) is 3.40. The summed E-state index contributed by atoms with van der Waals surface area (Å²) in [7, 11) is 0. The average Bonchev–Trinajstić information content (AvgIpc) is 2.12. The summed E-state index contributed by atoms with van der Waals surface area (Å²) >= 11 is 0. The van der Waals surface area contributed by atoms with Gasteiger partial charge in [0.1, 0.15) is 0 Å². The van der Waals surface area contributed by atoms with Gasteiger partial charge in [0.2, 0.25) is 0 Å². The van der Waals surface area contributed by atoms with E-state index in [0.717, 1.165) is 0 Å². The molecule has 1 rings (SSSR count). The van der Waals surface area contributed by atoms with Crippen molar-refractivity contribution in [1.29, 1.82) is 0 Å². The topological polar surface area (TPSA) is 118 Å². The van der Waals surface area contributed by atoms with Crippen molar-refractivity contribution in [3.8, 4) is 0 Å². The lowest BCUT2D eigenvalue weighted by molar-refractivity contribution is 0.101. The summed E-state index contributed by atoms with van der Waals surface area (Å²) < 4.78 is 0. The van der Waals surface area contributed by atoms with Crippen LogP contribution in [0.15, 0.2) is 10.2 Å². The van der Waals surface area contributed by atoms with Crippen molar-refractivity contribution in [2.24, 2.45) is 10.2 Å². The van der Waals surface area contributed by atoms with Crippen LogP contribution in [0.2, 0.25) is 0 Å². The highest BCUT2D eigenvalue weighted by molar-refractivity contribution is 4.88. The lowest BCUT2D eigenvalue weighted by atomic mass is 9.90. The summed E-state index contributed by atoms with van der Waals surface area (Å²) in [6.07, 6.45) is 1.02. The number of nitrogens with zero attached hydrogens (tertiary/aromatic N) is 6. The van der Waals surface area contributed by atoms with Crippen LogP contribution >= 0.6 is 0 Å². The van der Waals surface area contributed by atoms with Gasteiger partial charge in [-0.25, -0.2) is 0 Å². The molecule has 1 aliphatic carbocycles. The molecular weight excluding hydrogens is 172 g/mol. The lowest BCUT2D eigenvalue weighted by Gasteiger charge is -2.27. The first-order valence-corrected chi connectivity index (χ1v) is 4.04. The van der Waals surface area contributed by atoms with Crippen molar-refractivity contribution in [2.45, 2.75) is 37.5 Å². The molecule has 3 unspecified atom stereocenters. The fraction of sp³-hybridized carbons (Fsp3) is 1.00. The van der Waals surface area contributed by atoms with Gasteiger partial charge < -0.3 is 5.11 Å². The van der Waals surface area contributed by atoms with E-state index in [9.17, 15) is 5.11 Å². The molecule has 0 spiro atoms. The SMILES string of the molecule is [N-]=[N+]=NC1CCC(O)C(N=[N+]=[N-])C1. The van der Waals surface area contributed by atoms with Crippen molar-refractivity contribution in [1.82, 2.24) is 0 Å². The van der Waals surface area contributed by atoms with Crippen molar-refractivity contribution in [2.75, 3.05) is 0 Å². The third-order valence-electron chi connectivity index (χ3n) is 2.17. The van der Waals surface area contributed by atoms with Gasteiger partial charge in [0.15, 0.2) is 0 Å². The Morgan fingerprint density at radius 1 is 1.15 bits per heavy atom. The van der Waals surface area contributed by atoms with Gasteiger partial charge in [-0.05, 0) is 30.3 Å². The number of aliphatic hydroxyl groups is 1. The minimum absolute atomic E-state index is 0.149. The molecule has 0 bridgehead atoms. The van der Waals surface area contributed by atoms with Crippen LogP contribution in [0.3, 0.4) is 0 Å². The summed E-state index contributed by atoms with van der Waals surface area (Å²) in [5.74, 6) is 0. The molecule has 0 heterocycles. The fourth-order valence-corrected chi connectivity index (χ4v) is 1.48. The van der Waals surface area contributed by atoms with E-state index in [1.54, 1.807) is 0 Å². The Morgan fingerprint density at radius 2 is 1.85 bits per heavy atom. The van der Waals surface area contributed by atoms with E-state index in [4.69, 9.17) is 11.1 Å². The molecule has 3 atom stereocenters. The Bertz CT molecular complexity index is 266. The van der Waals surface area contributed by atoms with Gasteiger partial charge in [0, 0.05) is 15.9 Å². The maximum Gasteiger partial charge on any atom is 0.0637 e. The Labute approximate surface area is 74.6 Å². The predicted molar refractivity (Wildman–Crippen MR) is 45.7 cm³/mol. The second-order valence-electron chi connectivity index (χ2n) is 3.01. The normalized spacial score (nSPS) is 32.8. The number of aliphatic hydroxyl groups excluding tert-OH is 1. The molecule has 1 aliphatic rings. The molecule has 0 aromatic heterocycles. The smallest absolute Gasteiger partial charge is 0.0637 e. The Hall–Kier alpha value is -1.42. The lowest BCUT2D eigenvalue weighted by Crippen LogP contribution is -2.33. The van der Waals surface area contributed by atoms with Gasteiger partial charge in [0.25, 0.3) is 0 Å². The standard InChI is InChI=1S/C6H10N6O/c7-11-9-4-1-2-6(13)5(3-4)10-12-8/h4-6,13H,1-3H2. The summed E-state index contributed by atoms with van der Waals surface area (Å²) in [6.45, 7) is 0. The van der Waals surface area contributed by atoms with E-state index < -0.39 is 12.1 Å². The van der Waals surface area contributed by atoms with E-state index in [1.807, 2.05) is 0 Å². The molecule has 0 radical (unpaired) electrons. The van der Waals surface area contributed by atoms with E-state index in [1.165, 1.54) is 0 Å². The van der Waals surface area contributed by atoms with Crippen LogP contribution in [0.25, 0.3) is 20.9 Å². The molecule has 0 aliphatic heterocycles. The molecule has 70 valence electrons. The summed E-state index contributed by atoms with van der Waals surface area (Å²) in [5.41, 5.74) is 16.4. The molecule has 0 amide bonds. The molecule has 13 heavy (non-hydrogen) atoms. The van der Waals surface area contributed by atoms with Crippen LogP contribution in [0.1, 0.15) is 19.3 Å². The van der Waals surface area contributed by atoms with Crippen LogP contribution in [-0.2, 0) is 0 Å². The van der Waals surface area contributed by atoms with Gasteiger partial charge in [0.05, 0.1) is 12.1 Å². The maximum atomic E-state index is 9.39. The van der Waals surface area contributed by atoms with Crippen LogP contribution in [0, 0.1) is 0 Å². The van der Waals surface area contributed by atoms with Gasteiger partial charge in [-0.2, -0.15) is 0 Å². The highest BCUT2D eigenvalue weighted by Crippen LogP contribution is 2.24. The van der Waals surface area contributed by atoms with E-state index in [-0.39, 0.29) is 6.04 Å². The fourth-order valence-electron chi connectivity index (χ4n) is 1.48. The van der Waals surface area contributed by atoms with Crippen LogP contribution < -0.4 is 0 Å². The highest BCUT2D eigenvalue weighted by Gasteiger charge is 2.27. The number of rotatable bonds is 2. The molecule has 7 nitrogen and oxygen atoms in total. The first-order chi connectivity index (χ1) is 6.27. The zero-order chi connectivity index (χ0) is 9.68. The second-order valence-corrected chi connectivity index (χ2v) is 3.01. The van der Waals surface area contributed by atoms with Gasteiger partial charge in [-0.3, -0.25) is 0 Å². The molecule has 0 saturated heterocycles. The van der Waals surface area contributed by atoms with Gasteiger partial charge in [-0.1, -0.05) is 10.2 Å². The number of hydrogen-bond donors (Lipinski definition) is 1. The summed E-state index contributed by atoms with van der Waals surface area (Å²) in [4.78, 5) is 5.32. The molecule has 1 fully saturated rings. The first-order valence-electron chi connectivity index (χ1n) is 4.04. The average molecular weight is 182 g/mol. The van der Waals surface area contributed by atoms with E-state index in [0.29, 0.717) is 19.3 Å². The molecule has 1 saturated carbocycles. The third-order valence-corrected chi connectivity index (χ3v) is 2.17. The van der Waals surface area contributed by atoms with E-state index >= 15 is 0 Å². The van der Waals surface area contributed by atoms with E-state index in [2.05, 4.69) is 20.1 Å². The minimum atomic E-state index is -0.596. The maximum absolute atomic E-state index is 9.39. The van der Waals surface area contributed by atoms with Crippen LogP contribution in [0.4, 0.5) is 0 Å². The molecule has 1 N–H and O–H groups in total. The Morgan fingerprint density at radius 3 is 2.46 bits per heavy atom. The Balaban J connectivity index is 2.62. The molecule has 0 aromatic carbocycles. The number of azide groups is 2. The second kappa shape index (κ2) is 4.57. The molecule has 0 aromatic rings. The summed E-state index contributed by atoms with van der Waals surface area (Å²) in [5, 5.41) is 16.4.